The van der Waals surface area contributed by atoms with E-state index in [4.69, 9.17) is 22.4 Å². The number of rotatable bonds is 2. The Morgan fingerprint density at radius 2 is 2.19 bits per heavy atom. The standard InChI is InChI=1S/C18H19ClN6S/c1-9-6-7-11(8-13(9)19)15-10(2)26-18(21)25(24-15)17(20)16-12-4-3-5-14(12)22-23-16/h6-8,10,20-21H,3-5H2,1-2H3,(H,22,23). The molecule has 0 saturated heterocycles. The number of halogens is 1. The fourth-order valence-corrected chi connectivity index (χ4v) is 4.36. The Kier molecular flexibility index (Phi) is 4.36. The Bertz CT molecular complexity index is 947. The van der Waals surface area contributed by atoms with E-state index in [1.807, 2.05) is 32.0 Å². The van der Waals surface area contributed by atoms with Crippen LogP contribution in [0.25, 0.3) is 0 Å². The van der Waals surface area contributed by atoms with Crippen molar-refractivity contribution in [3.63, 3.8) is 0 Å². The van der Waals surface area contributed by atoms with Gasteiger partial charge in [-0.1, -0.05) is 35.5 Å². The maximum absolute atomic E-state index is 8.59. The van der Waals surface area contributed by atoms with Gasteiger partial charge >= 0.3 is 0 Å². The molecule has 0 radical (unpaired) electrons. The molecule has 0 spiro atoms. The van der Waals surface area contributed by atoms with Crippen LogP contribution < -0.4 is 0 Å². The van der Waals surface area contributed by atoms with Crippen LogP contribution in [0.3, 0.4) is 0 Å². The molecule has 0 amide bonds. The van der Waals surface area contributed by atoms with Crippen LogP contribution in [-0.2, 0) is 12.8 Å². The summed E-state index contributed by atoms with van der Waals surface area (Å²) in [5, 5.41) is 31.2. The molecule has 1 unspecified atom stereocenters. The van der Waals surface area contributed by atoms with E-state index >= 15 is 0 Å². The van der Waals surface area contributed by atoms with E-state index < -0.39 is 0 Å². The number of H-pyrrole nitrogens is 1. The van der Waals surface area contributed by atoms with Crippen LogP contribution in [0.1, 0.15) is 41.4 Å². The lowest BCUT2D eigenvalue weighted by Gasteiger charge is -2.29. The zero-order valence-corrected chi connectivity index (χ0v) is 16.1. The Hall–Kier alpha value is -2.12. The average molecular weight is 387 g/mol. The van der Waals surface area contributed by atoms with E-state index in [0.717, 1.165) is 47.4 Å². The molecule has 1 aliphatic heterocycles. The molecule has 134 valence electrons. The second-order valence-corrected chi connectivity index (χ2v) is 8.29. The van der Waals surface area contributed by atoms with Crippen molar-refractivity contribution in [3.8, 4) is 0 Å². The summed E-state index contributed by atoms with van der Waals surface area (Å²) >= 11 is 7.66. The van der Waals surface area contributed by atoms with Gasteiger partial charge in [0.2, 0.25) is 0 Å². The first-order chi connectivity index (χ1) is 12.5. The molecule has 0 bridgehead atoms. The fraction of sp³-hybridized carbons (Fsp3) is 0.333. The molecule has 0 fully saturated rings. The van der Waals surface area contributed by atoms with Gasteiger partial charge in [-0.2, -0.15) is 15.2 Å². The zero-order valence-electron chi connectivity index (χ0n) is 14.6. The number of amidine groups is 2. The molecule has 1 atom stereocenters. The molecule has 0 saturated carbocycles. The average Bonchev–Trinajstić information content (AvgIpc) is 3.20. The summed E-state index contributed by atoms with van der Waals surface area (Å²) in [5.74, 6) is 0.143. The number of nitrogens with one attached hydrogen (secondary N) is 3. The second kappa shape index (κ2) is 6.55. The maximum atomic E-state index is 8.59. The first kappa shape index (κ1) is 17.3. The van der Waals surface area contributed by atoms with Gasteiger partial charge in [-0.15, -0.1) is 0 Å². The molecule has 1 aromatic carbocycles. The number of hydrogen-bond acceptors (Lipinski definition) is 5. The van der Waals surface area contributed by atoms with Crippen LogP contribution in [0, 0.1) is 17.7 Å². The van der Waals surface area contributed by atoms with E-state index in [1.165, 1.54) is 16.8 Å². The third-order valence-corrected chi connectivity index (χ3v) is 6.16. The zero-order chi connectivity index (χ0) is 18.4. The van der Waals surface area contributed by atoms with Crippen LogP contribution >= 0.6 is 23.4 Å². The van der Waals surface area contributed by atoms with E-state index in [9.17, 15) is 0 Å². The largest absolute Gasteiger partial charge is 0.282 e. The molecule has 8 heteroatoms. The van der Waals surface area contributed by atoms with Gasteiger partial charge in [0.1, 0.15) is 5.69 Å². The molecule has 1 aliphatic carbocycles. The van der Waals surface area contributed by atoms with Crippen LogP contribution in [0.4, 0.5) is 0 Å². The number of fused-ring (bicyclic) bond motifs is 1. The Morgan fingerprint density at radius 1 is 1.38 bits per heavy atom. The summed E-state index contributed by atoms with van der Waals surface area (Å²) in [6, 6.07) is 5.85. The SMILES string of the molecule is Cc1ccc(C2=NN(C(=N)c3n[nH]c4c3CCC4)C(=N)SC2C)cc1Cl. The van der Waals surface area contributed by atoms with Crippen LogP contribution in [-0.4, -0.2) is 37.2 Å². The summed E-state index contributed by atoms with van der Waals surface area (Å²) < 4.78 is 0. The van der Waals surface area contributed by atoms with E-state index in [1.54, 1.807) is 0 Å². The van der Waals surface area contributed by atoms with Crippen molar-refractivity contribution in [2.24, 2.45) is 5.10 Å². The number of benzene rings is 1. The third-order valence-electron chi connectivity index (χ3n) is 4.78. The predicted octanol–water partition coefficient (Wildman–Crippen LogP) is 3.96. The highest BCUT2D eigenvalue weighted by Gasteiger charge is 2.32. The predicted molar refractivity (Wildman–Crippen MR) is 107 cm³/mol. The lowest BCUT2D eigenvalue weighted by Crippen LogP contribution is -2.39. The monoisotopic (exact) mass is 386 g/mol. The highest BCUT2D eigenvalue weighted by molar-refractivity contribution is 8.14. The van der Waals surface area contributed by atoms with Crippen molar-refractivity contribution in [2.75, 3.05) is 0 Å². The van der Waals surface area contributed by atoms with Gasteiger partial charge in [-0.25, -0.2) is 0 Å². The molecular weight excluding hydrogens is 368 g/mol. The Balaban J connectivity index is 1.72. The van der Waals surface area contributed by atoms with Crippen LogP contribution in [0.2, 0.25) is 5.02 Å². The Morgan fingerprint density at radius 3 is 2.96 bits per heavy atom. The molecule has 2 heterocycles. The quantitative estimate of drug-likeness (QED) is 0.538. The van der Waals surface area contributed by atoms with Crippen molar-refractivity contribution >= 4 is 40.1 Å². The van der Waals surface area contributed by atoms with Crippen molar-refractivity contribution in [1.82, 2.24) is 15.2 Å². The molecule has 6 nitrogen and oxygen atoms in total. The minimum atomic E-state index is 0.00946. The summed E-state index contributed by atoms with van der Waals surface area (Å²) in [6.07, 6.45) is 2.96. The number of nitrogens with zero attached hydrogens (tertiary/aromatic N) is 3. The van der Waals surface area contributed by atoms with Gasteiger partial charge in [0, 0.05) is 21.8 Å². The minimum absolute atomic E-state index is 0.00946. The molecule has 1 aromatic heterocycles. The van der Waals surface area contributed by atoms with E-state index in [-0.39, 0.29) is 16.3 Å². The minimum Gasteiger partial charge on any atom is -0.282 e. The number of aromatic nitrogens is 2. The van der Waals surface area contributed by atoms with Crippen LogP contribution in [0.15, 0.2) is 23.3 Å². The van der Waals surface area contributed by atoms with Crippen molar-refractivity contribution < 1.29 is 0 Å². The molecular formula is C18H19ClN6S. The normalized spacial score (nSPS) is 19.5. The van der Waals surface area contributed by atoms with Crippen molar-refractivity contribution in [1.29, 1.82) is 10.8 Å². The number of hydrazone groups is 1. The summed E-state index contributed by atoms with van der Waals surface area (Å²) in [7, 11) is 0. The summed E-state index contributed by atoms with van der Waals surface area (Å²) in [6.45, 7) is 3.97. The number of aromatic amines is 1. The topological polar surface area (TPSA) is 92.0 Å². The van der Waals surface area contributed by atoms with Gasteiger partial charge in [-0.05, 0) is 44.7 Å². The van der Waals surface area contributed by atoms with Gasteiger partial charge in [0.25, 0.3) is 0 Å². The summed E-state index contributed by atoms with van der Waals surface area (Å²) in [5.41, 5.74) is 5.52. The highest BCUT2D eigenvalue weighted by Crippen LogP contribution is 2.30. The maximum Gasteiger partial charge on any atom is 0.184 e. The van der Waals surface area contributed by atoms with Gasteiger partial charge in [0.15, 0.2) is 11.0 Å². The van der Waals surface area contributed by atoms with Crippen molar-refractivity contribution in [2.45, 2.75) is 38.4 Å². The van der Waals surface area contributed by atoms with E-state index in [0.29, 0.717) is 10.7 Å². The molecule has 2 aromatic rings. The third kappa shape index (κ3) is 2.85. The van der Waals surface area contributed by atoms with E-state index in [2.05, 4.69) is 15.3 Å². The molecule has 3 N–H and O–H groups in total. The Labute approximate surface area is 161 Å². The first-order valence-corrected chi connectivity index (χ1v) is 9.77. The lowest BCUT2D eigenvalue weighted by atomic mass is 10.1. The van der Waals surface area contributed by atoms with Crippen LogP contribution in [0.5, 0.6) is 0 Å². The van der Waals surface area contributed by atoms with Gasteiger partial charge < -0.3 is 0 Å². The molecule has 26 heavy (non-hydrogen) atoms. The fourth-order valence-electron chi connectivity index (χ4n) is 3.32. The molecule has 4 rings (SSSR count). The highest BCUT2D eigenvalue weighted by atomic mass is 35.5. The lowest BCUT2D eigenvalue weighted by molar-refractivity contribution is 0.652. The van der Waals surface area contributed by atoms with Gasteiger partial charge in [0.05, 0.1) is 11.0 Å². The second-order valence-electron chi connectivity index (χ2n) is 6.56. The number of thioether (sulfide) groups is 1. The van der Waals surface area contributed by atoms with Gasteiger partial charge in [-0.3, -0.25) is 15.9 Å². The number of hydrogen-bond donors (Lipinski definition) is 3. The smallest absolute Gasteiger partial charge is 0.184 e. The molecule has 2 aliphatic rings. The first-order valence-electron chi connectivity index (χ1n) is 8.51. The number of aryl methyl sites for hydroxylation is 2. The summed E-state index contributed by atoms with van der Waals surface area (Å²) in [4.78, 5) is 0. The van der Waals surface area contributed by atoms with Crippen molar-refractivity contribution in [3.05, 3.63) is 51.3 Å².